The van der Waals surface area contributed by atoms with Gasteiger partial charge in [-0.3, -0.25) is 14.2 Å². The van der Waals surface area contributed by atoms with Crippen LogP contribution in [0, 0.1) is 0 Å². The number of nitrogens with zero attached hydrogens (tertiary/aromatic N) is 2. The Morgan fingerprint density at radius 1 is 1.19 bits per heavy atom. The van der Waals surface area contributed by atoms with Crippen LogP contribution in [0.2, 0.25) is 5.02 Å². The third-order valence-corrected chi connectivity index (χ3v) is 5.55. The first-order chi connectivity index (χ1) is 14.9. The monoisotopic (exact) mass is 461 g/mol. The maximum absolute atomic E-state index is 12.9. The third-order valence-electron chi connectivity index (χ3n) is 4.34. The first-order valence-electron chi connectivity index (χ1n) is 9.23. The van der Waals surface area contributed by atoms with Crippen LogP contribution < -0.4 is 10.9 Å². The summed E-state index contributed by atoms with van der Waals surface area (Å²) in [4.78, 5) is 41.8. The molecule has 0 aliphatic rings. The maximum atomic E-state index is 12.9. The van der Waals surface area contributed by atoms with E-state index in [1.807, 2.05) is 0 Å². The number of benzene rings is 2. The van der Waals surface area contributed by atoms with Gasteiger partial charge in [0.15, 0.2) is 5.16 Å². The van der Waals surface area contributed by atoms with E-state index in [1.165, 1.54) is 18.8 Å². The Morgan fingerprint density at radius 3 is 2.71 bits per heavy atom. The zero-order valence-corrected chi connectivity index (χ0v) is 18.5. The van der Waals surface area contributed by atoms with Crippen LogP contribution in [0.3, 0.4) is 0 Å². The molecule has 1 heterocycles. The first-order valence-corrected chi connectivity index (χ1v) is 10.6. The summed E-state index contributed by atoms with van der Waals surface area (Å²) in [6.07, 6.45) is 0. The fourth-order valence-electron chi connectivity index (χ4n) is 2.86. The minimum atomic E-state index is -0.551. The van der Waals surface area contributed by atoms with Gasteiger partial charge >= 0.3 is 5.97 Å². The molecule has 0 bridgehead atoms. The Morgan fingerprint density at radius 2 is 1.97 bits per heavy atom. The normalized spacial score (nSPS) is 10.8. The average molecular weight is 462 g/mol. The summed E-state index contributed by atoms with van der Waals surface area (Å²) in [5, 5.41) is 3.96. The lowest BCUT2D eigenvalue weighted by Gasteiger charge is -2.13. The number of carbonyl (C=O) groups excluding carboxylic acids is 2. The minimum absolute atomic E-state index is 0.0268. The molecule has 0 fully saturated rings. The van der Waals surface area contributed by atoms with Gasteiger partial charge in [0, 0.05) is 12.1 Å². The van der Waals surface area contributed by atoms with Crippen LogP contribution in [0.15, 0.2) is 52.4 Å². The molecule has 162 valence electrons. The largest absolute Gasteiger partial charge is 0.465 e. The van der Waals surface area contributed by atoms with Gasteiger partial charge < -0.3 is 14.8 Å². The van der Waals surface area contributed by atoms with E-state index < -0.39 is 5.97 Å². The lowest BCUT2D eigenvalue weighted by atomic mass is 10.2. The van der Waals surface area contributed by atoms with E-state index in [9.17, 15) is 14.4 Å². The van der Waals surface area contributed by atoms with Gasteiger partial charge in [-0.1, -0.05) is 35.5 Å². The highest BCUT2D eigenvalue weighted by Crippen LogP contribution is 2.22. The van der Waals surface area contributed by atoms with Gasteiger partial charge in [0.05, 0.1) is 48.2 Å². The molecule has 3 aromatic rings. The molecular weight excluding hydrogens is 442 g/mol. The van der Waals surface area contributed by atoms with Crippen molar-refractivity contribution in [1.82, 2.24) is 9.55 Å². The molecule has 0 aliphatic carbocycles. The molecule has 3 rings (SSSR count). The fourth-order valence-corrected chi connectivity index (χ4v) is 3.85. The first kappa shape index (κ1) is 22.8. The Kier molecular flexibility index (Phi) is 7.67. The van der Waals surface area contributed by atoms with E-state index in [1.54, 1.807) is 42.5 Å². The van der Waals surface area contributed by atoms with E-state index in [2.05, 4.69) is 10.3 Å². The molecule has 0 spiro atoms. The highest BCUT2D eigenvalue weighted by atomic mass is 35.5. The predicted octanol–water partition coefficient (Wildman–Crippen LogP) is 3.21. The number of thioether (sulfide) groups is 1. The van der Waals surface area contributed by atoms with Crippen molar-refractivity contribution < 1.29 is 19.1 Å². The zero-order chi connectivity index (χ0) is 22.4. The topological polar surface area (TPSA) is 99.5 Å². The molecule has 0 saturated heterocycles. The molecule has 0 radical (unpaired) electrons. The number of halogens is 1. The quantitative estimate of drug-likeness (QED) is 0.312. The van der Waals surface area contributed by atoms with Crippen LogP contribution in [0.1, 0.15) is 10.4 Å². The number of para-hydroxylation sites is 1. The van der Waals surface area contributed by atoms with E-state index in [-0.39, 0.29) is 29.3 Å². The minimum Gasteiger partial charge on any atom is -0.465 e. The standard InChI is InChI=1S/C21H20ClN3O5S/c1-29-10-9-25-19(27)14-8-7-13(22)11-17(14)24-21(25)31-12-18(26)23-16-6-4-3-5-15(16)20(28)30-2/h3-8,11H,9-10,12H2,1-2H3,(H,23,26). The SMILES string of the molecule is COCCn1c(SCC(=O)Nc2ccccc2C(=O)OC)nc2cc(Cl)ccc2c1=O. The molecule has 0 unspecified atom stereocenters. The summed E-state index contributed by atoms with van der Waals surface area (Å²) >= 11 is 7.14. The lowest BCUT2D eigenvalue weighted by Crippen LogP contribution is -2.26. The fraction of sp³-hybridized carbons (Fsp3) is 0.238. The number of methoxy groups -OCH3 is 2. The highest BCUT2D eigenvalue weighted by Gasteiger charge is 2.16. The molecule has 0 aliphatic heterocycles. The second-order valence-electron chi connectivity index (χ2n) is 6.38. The zero-order valence-electron chi connectivity index (χ0n) is 16.9. The molecular formula is C21H20ClN3O5S. The summed E-state index contributed by atoms with van der Waals surface area (Å²) in [5.41, 5.74) is 0.802. The van der Waals surface area contributed by atoms with Crippen molar-refractivity contribution in [3.05, 3.63) is 63.4 Å². The van der Waals surface area contributed by atoms with E-state index in [0.29, 0.717) is 33.4 Å². The van der Waals surface area contributed by atoms with Crippen molar-refractivity contribution in [3.8, 4) is 0 Å². The van der Waals surface area contributed by atoms with Gasteiger partial charge in [-0.15, -0.1) is 0 Å². The van der Waals surface area contributed by atoms with Crippen molar-refractivity contribution >= 4 is 51.8 Å². The van der Waals surface area contributed by atoms with E-state index in [0.717, 1.165) is 11.8 Å². The third kappa shape index (κ3) is 5.43. The van der Waals surface area contributed by atoms with Gasteiger partial charge in [-0.25, -0.2) is 9.78 Å². The summed E-state index contributed by atoms with van der Waals surface area (Å²) in [7, 11) is 2.81. The number of hydrogen-bond acceptors (Lipinski definition) is 7. The number of hydrogen-bond donors (Lipinski definition) is 1. The predicted molar refractivity (Wildman–Crippen MR) is 120 cm³/mol. The number of carbonyl (C=O) groups is 2. The van der Waals surface area contributed by atoms with Gasteiger partial charge in [-0.2, -0.15) is 0 Å². The number of anilines is 1. The van der Waals surface area contributed by atoms with Crippen LogP contribution in [0.5, 0.6) is 0 Å². The van der Waals surface area contributed by atoms with Crippen molar-refractivity contribution in [3.63, 3.8) is 0 Å². The van der Waals surface area contributed by atoms with Crippen molar-refractivity contribution in [2.24, 2.45) is 0 Å². The van der Waals surface area contributed by atoms with Gasteiger partial charge in [0.25, 0.3) is 5.56 Å². The molecule has 2 aromatic carbocycles. The van der Waals surface area contributed by atoms with Crippen LogP contribution in [0.25, 0.3) is 10.9 Å². The average Bonchev–Trinajstić information content (AvgIpc) is 2.77. The number of amides is 1. The second kappa shape index (κ2) is 10.4. The second-order valence-corrected chi connectivity index (χ2v) is 7.76. The number of ether oxygens (including phenoxy) is 2. The van der Waals surface area contributed by atoms with Gasteiger partial charge in [0.1, 0.15) is 0 Å². The molecule has 8 nitrogen and oxygen atoms in total. The summed E-state index contributed by atoms with van der Waals surface area (Å²) in [6, 6.07) is 11.4. The van der Waals surface area contributed by atoms with E-state index >= 15 is 0 Å². The summed E-state index contributed by atoms with van der Waals surface area (Å²) in [6.45, 7) is 0.600. The molecule has 1 amide bonds. The molecule has 0 atom stereocenters. The van der Waals surface area contributed by atoms with E-state index in [4.69, 9.17) is 21.1 Å². The Bertz CT molecular complexity index is 1180. The van der Waals surface area contributed by atoms with Crippen LogP contribution >= 0.6 is 23.4 Å². The summed E-state index contributed by atoms with van der Waals surface area (Å²) < 4.78 is 11.3. The lowest BCUT2D eigenvalue weighted by molar-refractivity contribution is -0.113. The van der Waals surface area contributed by atoms with Gasteiger partial charge in [-0.05, 0) is 30.3 Å². The van der Waals surface area contributed by atoms with Crippen LogP contribution in [-0.2, 0) is 20.8 Å². The molecule has 1 N–H and O–H groups in total. The number of fused-ring (bicyclic) bond motifs is 1. The number of aromatic nitrogens is 2. The smallest absolute Gasteiger partial charge is 0.339 e. The Hall–Kier alpha value is -2.88. The molecule has 10 heteroatoms. The van der Waals surface area contributed by atoms with Crippen molar-refractivity contribution in [2.75, 3.05) is 31.9 Å². The van der Waals surface area contributed by atoms with Gasteiger partial charge in [0.2, 0.25) is 5.91 Å². The van der Waals surface area contributed by atoms with Crippen LogP contribution in [-0.4, -0.2) is 48.0 Å². The molecule has 31 heavy (non-hydrogen) atoms. The van der Waals surface area contributed by atoms with Crippen LogP contribution in [0.4, 0.5) is 5.69 Å². The summed E-state index contributed by atoms with van der Waals surface area (Å²) in [5.74, 6) is -0.939. The molecule has 0 saturated carbocycles. The Balaban J connectivity index is 1.84. The number of nitrogens with one attached hydrogen (secondary N) is 1. The highest BCUT2D eigenvalue weighted by molar-refractivity contribution is 7.99. The van der Waals surface area contributed by atoms with Crippen molar-refractivity contribution in [1.29, 1.82) is 0 Å². The Labute approximate surface area is 187 Å². The molecule has 1 aromatic heterocycles. The van der Waals surface area contributed by atoms with Crippen molar-refractivity contribution in [2.45, 2.75) is 11.7 Å². The number of rotatable bonds is 8. The maximum Gasteiger partial charge on any atom is 0.339 e. The number of esters is 1.